The molecule has 0 saturated carbocycles. The average molecular weight is 228 g/mol. The maximum atomic E-state index is 5.34. The summed E-state index contributed by atoms with van der Waals surface area (Å²) in [6, 6.07) is 9.85. The molecule has 0 aliphatic heterocycles. The van der Waals surface area contributed by atoms with Gasteiger partial charge in [-0.2, -0.15) is 0 Å². The second-order valence-corrected chi connectivity index (χ2v) is 3.96. The standard InChI is InChI=1S/C14H16N2O/c1-10-8-12(9-13(17-3)11(10)2)16-14-6-4-5-7-15-14/h4-9H,1-3H3,(H,15,16). The Kier molecular flexibility index (Phi) is 3.28. The van der Waals surface area contributed by atoms with Gasteiger partial charge in [0.25, 0.3) is 0 Å². The zero-order chi connectivity index (χ0) is 12.3. The van der Waals surface area contributed by atoms with Crippen molar-refractivity contribution in [3.63, 3.8) is 0 Å². The van der Waals surface area contributed by atoms with Crippen molar-refractivity contribution in [2.24, 2.45) is 0 Å². The van der Waals surface area contributed by atoms with Gasteiger partial charge >= 0.3 is 0 Å². The van der Waals surface area contributed by atoms with E-state index in [0.717, 1.165) is 17.3 Å². The molecule has 1 N–H and O–H groups in total. The number of methoxy groups -OCH3 is 1. The van der Waals surface area contributed by atoms with Crippen LogP contribution in [0.5, 0.6) is 5.75 Å². The van der Waals surface area contributed by atoms with Crippen LogP contribution in [0.2, 0.25) is 0 Å². The highest BCUT2D eigenvalue weighted by molar-refractivity contribution is 5.61. The van der Waals surface area contributed by atoms with Crippen LogP contribution in [0, 0.1) is 13.8 Å². The molecule has 0 amide bonds. The number of pyridine rings is 1. The highest BCUT2D eigenvalue weighted by Gasteiger charge is 2.05. The third-order valence-corrected chi connectivity index (χ3v) is 2.78. The van der Waals surface area contributed by atoms with E-state index in [9.17, 15) is 0 Å². The molecule has 88 valence electrons. The van der Waals surface area contributed by atoms with E-state index in [4.69, 9.17) is 4.74 Å². The number of hydrogen-bond donors (Lipinski definition) is 1. The number of benzene rings is 1. The van der Waals surface area contributed by atoms with Gasteiger partial charge in [0.15, 0.2) is 0 Å². The monoisotopic (exact) mass is 228 g/mol. The second-order valence-electron chi connectivity index (χ2n) is 3.96. The fourth-order valence-electron chi connectivity index (χ4n) is 1.70. The Balaban J connectivity index is 2.31. The summed E-state index contributed by atoms with van der Waals surface area (Å²) in [5.74, 6) is 1.72. The molecule has 1 aromatic heterocycles. The average Bonchev–Trinajstić information content (AvgIpc) is 2.35. The molecular weight excluding hydrogens is 212 g/mol. The predicted molar refractivity (Wildman–Crippen MR) is 70.0 cm³/mol. The molecule has 1 heterocycles. The van der Waals surface area contributed by atoms with Crippen molar-refractivity contribution >= 4 is 11.5 Å². The Labute approximate surface area is 101 Å². The lowest BCUT2D eigenvalue weighted by molar-refractivity contribution is 0.411. The lowest BCUT2D eigenvalue weighted by Gasteiger charge is -2.12. The summed E-state index contributed by atoms with van der Waals surface area (Å²) in [5.41, 5.74) is 3.35. The molecule has 2 aromatic rings. The Morgan fingerprint density at radius 2 is 2.00 bits per heavy atom. The van der Waals surface area contributed by atoms with E-state index in [0.29, 0.717) is 0 Å². The second kappa shape index (κ2) is 4.87. The maximum Gasteiger partial charge on any atom is 0.130 e. The number of aryl methyl sites for hydroxylation is 1. The summed E-state index contributed by atoms with van der Waals surface area (Å²) in [6.07, 6.45) is 1.76. The number of hydrogen-bond acceptors (Lipinski definition) is 3. The van der Waals surface area contributed by atoms with Crippen LogP contribution in [0.25, 0.3) is 0 Å². The van der Waals surface area contributed by atoms with Gasteiger partial charge in [-0.1, -0.05) is 6.07 Å². The molecule has 0 spiro atoms. The van der Waals surface area contributed by atoms with Gasteiger partial charge in [0, 0.05) is 18.0 Å². The minimum Gasteiger partial charge on any atom is -0.496 e. The van der Waals surface area contributed by atoms with Crippen molar-refractivity contribution in [1.82, 2.24) is 4.98 Å². The van der Waals surface area contributed by atoms with Crippen LogP contribution in [-0.4, -0.2) is 12.1 Å². The lowest BCUT2D eigenvalue weighted by atomic mass is 10.1. The molecule has 0 radical (unpaired) electrons. The molecule has 0 fully saturated rings. The first kappa shape index (κ1) is 11.5. The minimum absolute atomic E-state index is 0.831. The van der Waals surface area contributed by atoms with E-state index < -0.39 is 0 Å². The number of anilines is 2. The molecule has 3 nitrogen and oxygen atoms in total. The first-order chi connectivity index (χ1) is 8.20. The van der Waals surface area contributed by atoms with Crippen molar-refractivity contribution in [3.05, 3.63) is 47.7 Å². The van der Waals surface area contributed by atoms with E-state index >= 15 is 0 Å². The quantitative estimate of drug-likeness (QED) is 0.873. The van der Waals surface area contributed by atoms with Crippen molar-refractivity contribution in [2.45, 2.75) is 13.8 Å². The van der Waals surface area contributed by atoms with Crippen molar-refractivity contribution in [2.75, 3.05) is 12.4 Å². The zero-order valence-corrected chi connectivity index (χ0v) is 10.3. The summed E-state index contributed by atoms with van der Waals surface area (Å²) >= 11 is 0. The van der Waals surface area contributed by atoms with E-state index in [-0.39, 0.29) is 0 Å². The number of nitrogens with one attached hydrogen (secondary N) is 1. The van der Waals surface area contributed by atoms with Crippen LogP contribution in [-0.2, 0) is 0 Å². The fraction of sp³-hybridized carbons (Fsp3) is 0.214. The van der Waals surface area contributed by atoms with Crippen LogP contribution in [0.3, 0.4) is 0 Å². The van der Waals surface area contributed by atoms with Crippen LogP contribution >= 0.6 is 0 Å². The van der Waals surface area contributed by atoms with Crippen LogP contribution in [0.15, 0.2) is 36.5 Å². The first-order valence-electron chi connectivity index (χ1n) is 5.54. The number of nitrogens with zero attached hydrogens (tertiary/aromatic N) is 1. The normalized spacial score (nSPS) is 10.1. The van der Waals surface area contributed by atoms with Gasteiger partial charge in [0.05, 0.1) is 7.11 Å². The largest absolute Gasteiger partial charge is 0.496 e. The summed E-state index contributed by atoms with van der Waals surface area (Å²) in [6.45, 7) is 4.13. The molecule has 0 bridgehead atoms. The molecule has 0 aliphatic carbocycles. The predicted octanol–water partition coefficient (Wildman–Crippen LogP) is 3.45. The van der Waals surface area contributed by atoms with Gasteiger partial charge in [-0.15, -0.1) is 0 Å². The van der Waals surface area contributed by atoms with Crippen molar-refractivity contribution < 1.29 is 4.74 Å². The fourth-order valence-corrected chi connectivity index (χ4v) is 1.70. The number of aromatic nitrogens is 1. The van der Waals surface area contributed by atoms with Crippen LogP contribution in [0.4, 0.5) is 11.5 Å². The topological polar surface area (TPSA) is 34.1 Å². The van der Waals surface area contributed by atoms with E-state index in [1.54, 1.807) is 13.3 Å². The summed E-state index contributed by atoms with van der Waals surface area (Å²) in [5, 5.41) is 3.26. The molecule has 1 aromatic carbocycles. The molecule has 3 heteroatoms. The zero-order valence-electron chi connectivity index (χ0n) is 10.3. The SMILES string of the molecule is COc1cc(Nc2ccccn2)cc(C)c1C. The Morgan fingerprint density at radius 1 is 1.18 bits per heavy atom. The Bertz CT molecular complexity index is 509. The highest BCUT2D eigenvalue weighted by Crippen LogP contribution is 2.27. The van der Waals surface area contributed by atoms with Gasteiger partial charge in [-0.05, 0) is 43.2 Å². The number of rotatable bonds is 3. The van der Waals surface area contributed by atoms with E-state index in [2.05, 4.69) is 30.2 Å². The third-order valence-electron chi connectivity index (χ3n) is 2.78. The number of ether oxygens (including phenoxy) is 1. The van der Waals surface area contributed by atoms with Crippen LogP contribution in [0.1, 0.15) is 11.1 Å². The molecule has 0 atom stereocenters. The van der Waals surface area contributed by atoms with Gasteiger partial charge in [-0.3, -0.25) is 0 Å². The summed E-state index contributed by atoms with van der Waals surface area (Å²) < 4.78 is 5.34. The lowest BCUT2D eigenvalue weighted by Crippen LogP contribution is -1.96. The Morgan fingerprint density at radius 3 is 2.65 bits per heavy atom. The van der Waals surface area contributed by atoms with Gasteiger partial charge in [0.1, 0.15) is 11.6 Å². The maximum absolute atomic E-state index is 5.34. The molecule has 0 unspecified atom stereocenters. The van der Waals surface area contributed by atoms with Crippen LogP contribution < -0.4 is 10.1 Å². The van der Waals surface area contributed by atoms with E-state index in [1.807, 2.05) is 24.3 Å². The Hall–Kier alpha value is -2.03. The third kappa shape index (κ3) is 2.56. The summed E-state index contributed by atoms with van der Waals surface area (Å²) in [7, 11) is 1.69. The highest BCUT2D eigenvalue weighted by atomic mass is 16.5. The van der Waals surface area contributed by atoms with Gasteiger partial charge < -0.3 is 10.1 Å². The van der Waals surface area contributed by atoms with E-state index in [1.165, 1.54) is 11.1 Å². The van der Waals surface area contributed by atoms with Gasteiger partial charge in [0.2, 0.25) is 0 Å². The first-order valence-corrected chi connectivity index (χ1v) is 5.54. The van der Waals surface area contributed by atoms with Crippen molar-refractivity contribution in [3.8, 4) is 5.75 Å². The molecule has 17 heavy (non-hydrogen) atoms. The molecule has 2 rings (SSSR count). The molecule has 0 aliphatic rings. The molecule has 0 saturated heterocycles. The smallest absolute Gasteiger partial charge is 0.130 e. The summed E-state index contributed by atoms with van der Waals surface area (Å²) in [4.78, 5) is 4.23. The molecular formula is C14H16N2O. The van der Waals surface area contributed by atoms with Crippen molar-refractivity contribution in [1.29, 1.82) is 0 Å². The minimum atomic E-state index is 0.831. The van der Waals surface area contributed by atoms with Gasteiger partial charge in [-0.25, -0.2) is 4.98 Å².